The summed E-state index contributed by atoms with van der Waals surface area (Å²) in [6.07, 6.45) is 2.05. The van der Waals surface area contributed by atoms with Crippen molar-refractivity contribution in [2.75, 3.05) is 13.1 Å². The van der Waals surface area contributed by atoms with Gasteiger partial charge in [0.2, 0.25) is 5.91 Å². The summed E-state index contributed by atoms with van der Waals surface area (Å²) in [7, 11) is 0. The molecule has 0 radical (unpaired) electrons. The zero-order valence-corrected chi connectivity index (χ0v) is 17.0. The van der Waals surface area contributed by atoms with E-state index in [-0.39, 0.29) is 5.91 Å². The lowest BCUT2D eigenvalue weighted by molar-refractivity contribution is -0.121. The second kappa shape index (κ2) is 11.2. The van der Waals surface area contributed by atoms with Gasteiger partial charge in [-0.05, 0) is 36.1 Å². The highest BCUT2D eigenvalue weighted by Crippen LogP contribution is 2.13. The van der Waals surface area contributed by atoms with Crippen molar-refractivity contribution in [1.82, 2.24) is 10.2 Å². The van der Waals surface area contributed by atoms with Gasteiger partial charge in [0.1, 0.15) is 4.32 Å². The van der Waals surface area contributed by atoms with E-state index in [1.165, 1.54) is 5.56 Å². The number of rotatable bonds is 9. The molecule has 138 valence electrons. The van der Waals surface area contributed by atoms with Crippen molar-refractivity contribution in [2.24, 2.45) is 0 Å². The largest absolute Gasteiger partial charge is 0.356 e. The third kappa shape index (κ3) is 7.77. The number of thiol groups is 1. The molecule has 1 amide bonds. The van der Waals surface area contributed by atoms with Crippen LogP contribution in [0.5, 0.6) is 0 Å². The molecule has 0 aliphatic heterocycles. The number of carbonyl (C=O) groups is 1. The summed E-state index contributed by atoms with van der Waals surface area (Å²) in [4.78, 5) is 14.0. The van der Waals surface area contributed by atoms with E-state index in [9.17, 15) is 4.79 Å². The molecule has 0 aromatic heterocycles. The van der Waals surface area contributed by atoms with Crippen LogP contribution in [0.4, 0.5) is 0 Å². The number of hydrogen-bond donors (Lipinski definition) is 2. The second-order valence-electron chi connectivity index (χ2n) is 6.02. The van der Waals surface area contributed by atoms with Gasteiger partial charge in [-0.25, -0.2) is 0 Å². The molecule has 0 saturated heterocycles. The molecule has 0 fully saturated rings. The molecule has 0 aliphatic carbocycles. The minimum Gasteiger partial charge on any atom is -0.356 e. The zero-order valence-electron chi connectivity index (χ0n) is 14.5. The van der Waals surface area contributed by atoms with E-state index in [2.05, 4.69) is 30.1 Å². The van der Waals surface area contributed by atoms with Crippen molar-refractivity contribution in [3.63, 3.8) is 0 Å². The van der Waals surface area contributed by atoms with Crippen molar-refractivity contribution < 1.29 is 4.79 Å². The van der Waals surface area contributed by atoms with Crippen molar-refractivity contribution in [1.29, 1.82) is 0 Å². The third-order valence-corrected chi connectivity index (χ3v) is 4.76. The summed E-state index contributed by atoms with van der Waals surface area (Å²) >= 11 is 15.4. The van der Waals surface area contributed by atoms with E-state index in [0.29, 0.717) is 35.4 Å². The van der Waals surface area contributed by atoms with Crippen molar-refractivity contribution in [3.8, 4) is 0 Å². The normalized spacial score (nSPS) is 10.4. The highest BCUT2D eigenvalue weighted by molar-refractivity contribution is 8.10. The summed E-state index contributed by atoms with van der Waals surface area (Å²) in [6, 6.07) is 17.8. The molecule has 0 bridgehead atoms. The first kappa shape index (κ1) is 20.7. The predicted octanol–water partition coefficient (Wildman–Crippen LogP) is 4.50. The summed E-state index contributed by atoms with van der Waals surface area (Å²) in [5, 5.41) is 3.68. The molecule has 0 heterocycles. The quantitative estimate of drug-likeness (QED) is 0.475. The van der Waals surface area contributed by atoms with Gasteiger partial charge in [-0.3, -0.25) is 4.79 Å². The number of nitrogens with zero attached hydrogens (tertiary/aromatic N) is 1. The molecule has 0 aliphatic rings. The van der Waals surface area contributed by atoms with Gasteiger partial charge in [0.25, 0.3) is 0 Å². The first-order valence-electron chi connectivity index (χ1n) is 8.57. The molecule has 6 heteroatoms. The number of carbonyl (C=O) groups excluding carboxylic acids is 1. The molecular weight excluding hydrogens is 384 g/mol. The van der Waals surface area contributed by atoms with E-state index < -0.39 is 0 Å². The van der Waals surface area contributed by atoms with E-state index in [0.717, 1.165) is 18.4 Å². The molecular formula is C20H23ClN2OS2. The van der Waals surface area contributed by atoms with Crippen LogP contribution in [0.25, 0.3) is 0 Å². The van der Waals surface area contributed by atoms with Crippen molar-refractivity contribution in [3.05, 3.63) is 70.7 Å². The Labute approximate surface area is 171 Å². The Morgan fingerprint density at radius 2 is 1.77 bits per heavy atom. The van der Waals surface area contributed by atoms with Crippen LogP contribution in [-0.2, 0) is 17.8 Å². The Balaban J connectivity index is 1.69. The highest BCUT2D eigenvalue weighted by atomic mass is 35.5. The predicted molar refractivity (Wildman–Crippen MR) is 116 cm³/mol. The van der Waals surface area contributed by atoms with Crippen molar-refractivity contribution >= 4 is 46.7 Å². The van der Waals surface area contributed by atoms with Crippen LogP contribution < -0.4 is 5.32 Å². The maximum atomic E-state index is 12.0. The Morgan fingerprint density at radius 3 is 2.42 bits per heavy atom. The lowest BCUT2D eigenvalue weighted by Gasteiger charge is -2.22. The van der Waals surface area contributed by atoms with Gasteiger partial charge in [-0.2, -0.15) is 0 Å². The fourth-order valence-corrected chi connectivity index (χ4v) is 3.01. The standard InChI is InChI=1S/C20H23ClN2OS2/c21-18-10-8-17(9-11-18)15-23(20(25)26)14-4-7-19(24)22-13-12-16-5-2-1-3-6-16/h1-3,5-6,8-11H,4,7,12-15H2,(H,22,24)(H,25,26). The van der Waals surface area contributed by atoms with E-state index in [4.69, 9.17) is 23.8 Å². The van der Waals surface area contributed by atoms with Gasteiger partial charge in [0.05, 0.1) is 0 Å². The van der Waals surface area contributed by atoms with Crippen LogP contribution in [0.2, 0.25) is 5.02 Å². The Bertz CT molecular complexity index is 708. The average Bonchev–Trinajstić information content (AvgIpc) is 2.63. The summed E-state index contributed by atoms with van der Waals surface area (Å²) in [6.45, 7) is 2.01. The molecule has 3 nitrogen and oxygen atoms in total. The fourth-order valence-electron chi connectivity index (χ4n) is 2.56. The SMILES string of the molecule is O=C(CCCN(Cc1ccc(Cl)cc1)C(=S)S)NCCc1ccccc1. The molecule has 2 rings (SSSR count). The Morgan fingerprint density at radius 1 is 1.08 bits per heavy atom. The van der Waals surface area contributed by atoms with Crippen LogP contribution in [-0.4, -0.2) is 28.2 Å². The van der Waals surface area contributed by atoms with Crippen LogP contribution in [0.3, 0.4) is 0 Å². The van der Waals surface area contributed by atoms with Crippen LogP contribution in [0.15, 0.2) is 54.6 Å². The van der Waals surface area contributed by atoms with Crippen LogP contribution >= 0.6 is 36.4 Å². The lowest BCUT2D eigenvalue weighted by atomic mass is 10.1. The average molecular weight is 407 g/mol. The molecule has 0 spiro atoms. The van der Waals surface area contributed by atoms with Crippen molar-refractivity contribution in [2.45, 2.75) is 25.8 Å². The summed E-state index contributed by atoms with van der Waals surface area (Å²) < 4.78 is 0.532. The molecule has 0 saturated carbocycles. The molecule has 1 N–H and O–H groups in total. The monoisotopic (exact) mass is 406 g/mol. The summed E-state index contributed by atoms with van der Waals surface area (Å²) in [5.41, 5.74) is 2.33. The van der Waals surface area contributed by atoms with Gasteiger partial charge in [-0.15, -0.1) is 12.6 Å². The van der Waals surface area contributed by atoms with Gasteiger partial charge in [0.15, 0.2) is 0 Å². The fraction of sp³-hybridized carbons (Fsp3) is 0.300. The van der Waals surface area contributed by atoms with E-state index >= 15 is 0 Å². The van der Waals surface area contributed by atoms with Gasteiger partial charge < -0.3 is 10.2 Å². The van der Waals surface area contributed by atoms with Crippen LogP contribution in [0, 0.1) is 0 Å². The zero-order chi connectivity index (χ0) is 18.8. The lowest BCUT2D eigenvalue weighted by Crippen LogP contribution is -2.29. The van der Waals surface area contributed by atoms with E-state index in [1.54, 1.807) is 0 Å². The van der Waals surface area contributed by atoms with Crippen LogP contribution in [0.1, 0.15) is 24.0 Å². The smallest absolute Gasteiger partial charge is 0.220 e. The van der Waals surface area contributed by atoms with Gasteiger partial charge in [0, 0.05) is 31.1 Å². The topological polar surface area (TPSA) is 32.3 Å². The minimum absolute atomic E-state index is 0.0671. The number of nitrogens with one attached hydrogen (secondary N) is 1. The Kier molecular flexibility index (Phi) is 8.95. The second-order valence-corrected chi connectivity index (χ2v) is 7.57. The number of benzene rings is 2. The van der Waals surface area contributed by atoms with Gasteiger partial charge >= 0.3 is 0 Å². The summed E-state index contributed by atoms with van der Waals surface area (Å²) in [5.74, 6) is 0.0671. The number of halogens is 1. The molecule has 0 atom stereocenters. The maximum Gasteiger partial charge on any atom is 0.220 e. The highest BCUT2D eigenvalue weighted by Gasteiger charge is 2.09. The Hall–Kier alpha value is -1.56. The third-order valence-electron chi connectivity index (χ3n) is 3.97. The first-order valence-corrected chi connectivity index (χ1v) is 9.81. The molecule has 2 aromatic carbocycles. The first-order chi connectivity index (χ1) is 12.5. The molecule has 0 unspecified atom stereocenters. The number of hydrogen-bond acceptors (Lipinski definition) is 2. The van der Waals surface area contributed by atoms with Gasteiger partial charge in [-0.1, -0.05) is 66.3 Å². The number of amides is 1. The molecule has 26 heavy (non-hydrogen) atoms. The minimum atomic E-state index is 0.0671. The maximum absolute atomic E-state index is 12.0. The number of thiocarbonyl (C=S) groups is 1. The van der Waals surface area contributed by atoms with E-state index in [1.807, 2.05) is 47.4 Å². The molecule has 2 aromatic rings.